The Morgan fingerprint density at radius 1 is 0.800 bits per heavy atom. The van der Waals surface area contributed by atoms with Crippen molar-refractivity contribution in [2.24, 2.45) is 0 Å². The highest BCUT2D eigenvalue weighted by molar-refractivity contribution is 9.10. The molecule has 1 aliphatic heterocycles. The van der Waals surface area contributed by atoms with Gasteiger partial charge in [-0.25, -0.2) is 0 Å². The third-order valence-electron chi connectivity index (χ3n) is 4.36. The number of carbonyl (C=O) groups excluding carboxylic acids is 2. The van der Waals surface area contributed by atoms with E-state index in [-0.39, 0.29) is 0 Å². The van der Waals surface area contributed by atoms with Gasteiger partial charge < -0.3 is 4.90 Å². The van der Waals surface area contributed by atoms with Gasteiger partial charge in [-0.3, -0.25) is 9.59 Å². The fourth-order valence-corrected chi connectivity index (χ4v) is 3.52. The van der Waals surface area contributed by atoms with Crippen LogP contribution in [0, 0.1) is 0 Å². The fourth-order valence-electron chi connectivity index (χ4n) is 3.16. The summed E-state index contributed by atoms with van der Waals surface area (Å²) in [4.78, 5) is 26.3. The van der Waals surface area contributed by atoms with Crippen molar-refractivity contribution in [2.45, 2.75) is 6.54 Å². The third-order valence-corrected chi connectivity index (χ3v) is 4.86. The van der Waals surface area contributed by atoms with Gasteiger partial charge in [0.25, 0.3) is 11.7 Å². The quantitative estimate of drug-likeness (QED) is 0.598. The van der Waals surface area contributed by atoms with E-state index in [0.717, 1.165) is 21.2 Å². The number of anilines is 1. The van der Waals surface area contributed by atoms with Gasteiger partial charge in [-0.15, -0.1) is 0 Å². The molecule has 3 aromatic carbocycles. The number of amides is 1. The van der Waals surface area contributed by atoms with Crippen LogP contribution in [0.1, 0.15) is 15.9 Å². The zero-order valence-electron chi connectivity index (χ0n) is 13.3. The topological polar surface area (TPSA) is 37.4 Å². The highest BCUT2D eigenvalue weighted by Gasteiger charge is 2.36. The Kier molecular flexibility index (Phi) is 3.98. The second kappa shape index (κ2) is 6.30. The molecular weight excluding hydrogens is 378 g/mol. The van der Waals surface area contributed by atoms with Crippen LogP contribution in [-0.2, 0) is 11.3 Å². The van der Waals surface area contributed by atoms with E-state index in [2.05, 4.69) is 15.9 Å². The molecule has 4 rings (SSSR count). The summed E-state index contributed by atoms with van der Waals surface area (Å²) in [5.41, 5.74) is 4.28. The first-order chi connectivity index (χ1) is 12.1. The van der Waals surface area contributed by atoms with Gasteiger partial charge in [-0.2, -0.15) is 0 Å². The molecule has 0 saturated heterocycles. The molecule has 0 radical (unpaired) electrons. The molecule has 3 aromatic rings. The number of nitrogens with zero attached hydrogens (tertiary/aromatic N) is 1. The molecule has 25 heavy (non-hydrogen) atoms. The van der Waals surface area contributed by atoms with Crippen LogP contribution in [0.5, 0.6) is 0 Å². The molecule has 1 aliphatic rings. The number of halogens is 1. The summed E-state index contributed by atoms with van der Waals surface area (Å²) >= 11 is 3.36. The monoisotopic (exact) mass is 391 g/mol. The van der Waals surface area contributed by atoms with Crippen molar-refractivity contribution in [3.63, 3.8) is 0 Å². The minimum absolute atomic E-state index is 0.365. The lowest BCUT2D eigenvalue weighted by Gasteiger charge is -2.19. The van der Waals surface area contributed by atoms with Gasteiger partial charge in [0.05, 0.1) is 17.8 Å². The van der Waals surface area contributed by atoms with Gasteiger partial charge in [-0.05, 0) is 34.9 Å². The molecule has 1 amide bonds. The van der Waals surface area contributed by atoms with Crippen LogP contribution in [0.15, 0.2) is 77.3 Å². The highest BCUT2D eigenvalue weighted by atomic mass is 79.9. The van der Waals surface area contributed by atoms with Crippen molar-refractivity contribution < 1.29 is 9.59 Å². The van der Waals surface area contributed by atoms with E-state index >= 15 is 0 Å². The minimum atomic E-state index is -0.476. The Balaban J connectivity index is 1.75. The van der Waals surface area contributed by atoms with Crippen molar-refractivity contribution in [3.8, 4) is 11.1 Å². The number of Topliss-reactive ketones (excluding diaryl/α,β-unsaturated/α-hetero) is 1. The molecule has 0 aromatic heterocycles. The molecule has 1 heterocycles. The van der Waals surface area contributed by atoms with E-state index in [4.69, 9.17) is 0 Å². The van der Waals surface area contributed by atoms with Crippen LogP contribution in [0.4, 0.5) is 5.69 Å². The van der Waals surface area contributed by atoms with E-state index in [1.165, 1.54) is 0 Å². The summed E-state index contributed by atoms with van der Waals surface area (Å²) in [5.74, 6) is -0.926. The first-order valence-electron chi connectivity index (χ1n) is 7.94. The smallest absolute Gasteiger partial charge is 0.299 e. The van der Waals surface area contributed by atoms with Crippen LogP contribution < -0.4 is 4.90 Å². The van der Waals surface area contributed by atoms with E-state index in [1.807, 2.05) is 66.7 Å². The molecule has 0 N–H and O–H groups in total. The first kappa shape index (κ1) is 15.8. The molecule has 3 nitrogen and oxygen atoms in total. The number of carbonyl (C=O) groups is 2. The van der Waals surface area contributed by atoms with Crippen molar-refractivity contribution in [1.82, 2.24) is 0 Å². The lowest BCUT2D eigenvalue weighted by molar-refractivity contribution is -0.114. The van der Waals surface area contributed by atoms with Crippen molar-refractivity contribution >= 4 is 33.3 Å². The van der Waals surface area contributed by atoms with Gasteiger partial charge >= 0.3 is 0 Å². The van der Waals surface area contributed by atoms with Gasteiger partial charge in [0.1, 0.15) is 0 Å². The zero-order valence-corrected chi connectivity index (χ0v) is 14.9. The van der Waals surface area contributed by atoms with Crippen LogP contribution >= 0.6 is 15.9 Å². The van der Waals surface area contributed by atoms with E-state index in [9.17, 15) is 9.59 Å². The Labute approximate surface area is 154 Å². The molecule has 0 spiro atoms. The molecule has 0 saturated carbocycles. The summed E-state index contributed by atoms with van der Waals surface area (Å²) in [6.07, 6.45) is 0. The summed E-state index contributed by atoms with van der Waals surface area (Å²) in [6.45, 7) is 0.365. The summed E-state index contributed by atoms with van der Waals surface area (Å²) < 4.78 is 0.791. The highest BCUT2D eigenvalue weighted by Crippen LogP contribution is 2.34. The number of rotatable bonds is 3. The maximum absolute atomic E-state index is 12.5. The average Bonchev–Trinajstić information content (AvgIpc) is 2.87. The Morgan fingerprint density at radius 2 is 1.52 bits per heavy atom. The van der Waals surface area contributed by atoms with E-state index < -0.39 is 11.7 Å². The predicted octanol–water partition coefficient (Wildman–Crippen LogP) is 4.85. The minimum Gasteiger partial charge on any atom is -0.300 e. The van der Waals surface area contributed by atoms with Crippen LogP contribution in [-0.4, -0.2) is 11.7 Å². The number of fused-ring (bicyclic) bond motifs is 1. The second-order valence-electron chi connectivity index (χ2n) is 5.91. The summed E-state index contributed by atoms with van der Waals surface area (Å²) in [5, 5.41) is 0. The Morgan fingerprint density at radius 3 is 2.32 bits per heavy atom. The summed E-state index contributed by atoms with van der Waals surface area (Å²) in [6, 6.07) is 23.4. The maximum Gasteiger partial charge on any atom is 0.299 e. The Bertz CT molecular complexity index is 982. The van der Waals surface area contributed by atoms with Crippen molar-refractivity contribution in [1.29, 1.82) is 0 Å². The SMILES string of the molecule is O=C1C(=O)N(Cc2ccccc2-c2ccccc2)c2ccc(Br)cc21. The second-order valence-corrected chi connectivity index (χ2v) is 6.82. The molecule has 0 fully saturated rings. The van der Waals surface area contributed by atoms with E-state index in [1.54, 1.807) is 11.0 Å². The number of hydrogen-bond acceptors (Lipinski definition) is 2. The fraction of sp³-hybridized carbons (Fsp3) is 0.0476. The number of ketones is 1. The lowest BCUT2D eigenvalue weighted by atomic mass is 9.99. The van der Waals surface area contributed by atoms with Crippen LogP contribution in [0.25, 0.3) is 11.1 Å². The van der Waals surface area contributed by atoms with Gasteiger partial charge in [0.15, 0.2) is 0 Å². The normalized spacial score (nSPS) is 13.2. The molecule has 0 atom stereocenters. The standard InChI is InChI=1S/C21H14BrNO2/c22-16-10-11-19-18(12-16)20(24)21(25)23(19)13-15-8-4-5-9-17(15)14-6-2-1-3-7-14/h1-12H,13H2. The molecule has 4 heteroatoms. The van der Waals surface area contributed by atoms with Crippen molar-refractivity contribution in [3.05, 3.63) is 88.4 Å². The number of benzene rings is 3. The first-order valence-corrected chi connectivity index (χ1v) is 8.73. The van der Waals surface area contributed by atoms with Gasteiger partial charge in [-0.1, -0.05) is 70.5 Å². The molecule has 0 unspecified atom stereocenters. The molecule has 0 aliphatic carbocycles. The molecule has 0 bridgehead atoms. The predicted molar refractivity (Wildman–Crippen MR) is 102 cm³/mol. The lowest BCUT2D eigenvalue weighted by Crippen LogP contribution is -2.29. The van der Waals surface area contributed by atoms with Crippen molar-refractivity contribution in [2.75, 3.05) is 4.90 Å². The van der Waals surface area contributed by atoms with Crippen LogP contribution in [0.3, 0.4) is 0 Å². The maximum atomic E-state index is 12.5. The summed E-state index contributed by atoms with van der Waals surface area (Å²) in [7, 11) is 0. The Hall–Kier alpha value is -2.72. The zero-order chi connectivity index (χ0) is 17.4. The third kappa shape index (κ3) is 2.79. The largest absolute Gasteiger partial charge is 0.300 e. The molecule has 122 valence electrons. The number of hydrogen-bond donors (Lipinski definition) is 0. The average molecular weight is 392 g/mol. The van der Waals surface area contributed by atoms with Crippen LogP contribution in [0.2, 0.25) is 0 Å². The van der Waals surface area contributed by atoms with Gasteiger partial charge in [0, 0.05) is 4.47 Å². The van der Waals surface area contributed by atoms with Gasteiger partial charge in [0.2, 0.25) is 0 Å². The molecular formula is C21H14BrNO2. The van der Waals surface area contributed by atoms with E-state index in [0.29, 0.717) is 17.8 Å².